The molecule has 1 heterocycles. The van der Waals surface area contributed by atoms with Crippen molar-refractivity contribution in [2.75, 3.05) is 23.4 Å². The predicted octanol–water partition coefficient (Wildman–Crippen LogP) is 2.75. The maximum Gasteiger partial charge on any atom is 0.363 e. The van der Waals surface area contributed by atoms with Gasteiger partial charge in [0.2, 0.25) is 0 Å². The van der Waals surface area contributed by atoms with Gasteiger partial charge in [0, 0.05) is 24.2 Å². The van der Waals surface area contributed by atoms with Crippen molar-refractivity contribution in [1.82, 2.24) is 15.2 Å². The van der Waals surface area contributed by atoms with Crippen molar-refractivity contribution in [3.8, 4) is 0 Å². The maximum atomic E-state index is 11.4. The zero-order chi connectivity index (χ0) is 18.4. The summed E-state index contributed by atoms with van der Waals surface area (Å²) in [4.78, 5) is 17.6. The Labute approximate surface area is 148 Å². The van der Waals surface area contributed by atoms with Crippen LogP contribution in [0.15, 0.2) is 34.2 Å². The lowest BCUT2D eigenvalue weighted by Gasteiger charge is -2.20. The number of rotatable bonds is 6. The molecule has 1 aromatic heterocycles. The molecule has 2 rings (SSSR count). The molecule has 2 N–H and O–H groups in total. The topological polar surface area (TPSA) is 86.3 Å². The Bertz CT molecular complexity index is 769. The minimum atomic E-state index is -0.505. The summed E-state index contributed by atoms with van der Waals surface area (Å²) in [6.07, 6.45) is 1.70. The average Bonchev–Trinajstić information content (AvgIpc) is 2.56. The van der Waals surface area contributed by atoms with Gasteiger partial charge in [-0.15, -0.1) is 0 Å². The van der Waals surface area contributed by atoms with Crippen molar-refractivity contribution >= 4 is 17.7 Å². The van der Waals surface area contributed by atoms with E-state index in [0.29, 0.717) is 11.5 Å². The van der Waals surface area contributed by atoms with Gasteiger partial charge in [-0.1, -0.05) is 32.9 Å². The van der Waals surface area contributed by atoms with Crippen LogP contribution in [0.25, 0.3) is 0 Å². The first-order valence-corrected chi connectivity index (χ1v) is 8.46. The summed E-state index contributed by atoms with van der Waals surface area (Å²) in [6, 6.07) is 8.16. The lowest BCUT2D eigenvalue weighted by molar-refractivity contribution is 0.553. The van der Waals surface area contributed by atoms with Crippen LogP contribution in [-0.4, -0.2) is 34.5 Å². The number of anilines is 2. The predicted molar refractivity (Wildman–Crippen MR) is 103 cm³/mol. The van der Waals surface area contributed by atoms with Crippen molar-refractivity contribution in [1.29, 1.82) is 0 Å². The summed E-state index contributed by atoms with van der Waals surface area (Å²) in [7, 11) is 0. The highest BCUT2D eigenvalue weighted by molar-refractivity contribution is 5.80. The van der Waals surface area contributed by atoms with Crippen molar-refractivity contribution in [3.05, 3.63) is 46.0 Å². The standard InChI is InChI=1S/C18H26N6O/c1-6-24(7-2)14-10-8-13(9-11-14)12-19-22-16-15(18(3,4)5)21-23-17(25)20-16/h8-12H,6-7H2,1-5H3,(H2,20,22,23,25)/b19-12+. The average molecular weight is 342 g/mol. The summed E-state index contributed by atoms with van der Waals surface area (Å²) in [6.45, 7) is 12.2. The maximum absolute atomic E-state index is 11.4. The van der Waals surface area contributed by atoms with E-state index in [1.807, 2.05) is 32.9 Å². The zero-order valence-electron chi connectivity index (χ0n) is 15.5. The molecule has 0 atom stereocenters. The molecular weight excluding hydrogens is 316 g/mol. The molecule has 7 heteroatoms. The number of aromatic nitrogens is 3. The summed E-state index contributed by atoms with van der Waals surface area (Å²) >= 11 is 0. The number of nitrogens with zero attached hydrogens (tertiary/aromatic N) is 4. The van der Waals surface area contributed by atoms with Crippen molar-refractivity contribution in [2.24, 2.45) is 5.10 Å². The number of H-pyrrole nitrogens is 1. The van der Waals surface area contributed by atoms with Gasteiger partial charge in [-0.2, -0.15) is 15.2 Å². The number of hydrogen-bond donors (Lipinski definition) is 2. The normalized spacial score (nSPS) is 11.7. The van der Waals surface area contributed by atoms with Gasteiger partial charge < -0.3 is 4.90 Å². The minimum Gasteiger partial charge on any atom is -0.372 e. The Morgan fingerprint density at radius 3 is 2.40 bits per heavy atom. The van der Waals surface area contributed by atoms with Crippen molar-refractivity contribution in [3.63, 3.8) is 0 Å². The molecule has 7 nitrogen and oxygen atoms in total. The van der Waals surface area contributed by atoms with Crippen LogP contribution in [0.2, 0.25) is 0 Å². The molecule has 0 bridgehead atoms. The van der Waals surface area contributed by atoms with E-state index in [1.54, 1.807) is 6.21 Å². The molecule has 134 valence electrons. The first-order chi connectivity index (χ1) is 11.8. The molecule has 0 spiro atoms. The molecule has 0 aliphatic rings. The molecule has 25 heavy (non-hydrogen) atoms. The molecule has 0 aliphatic carbocycles. The highest BCUT2D eigenvalue weighted by Gasteiger charge is 2.21. The molecule has 0 fully saturated rings. The summed E-state index contributed by atoms with van der Waals surface area (Å²) in [5.41, 5.74) is 4.86. The summed E-state index contributed by atoms with van der Waals surface area (Å²) < 4.78 is 0. The third-order valence-electron chi connectivity index (χ3n) is 3.82. The molecule has 1 aromatic carbocycles. The van der Waals surface area contributed by atoms with E-state index in [1.165, 1.54) is 5.69 Å². The van der Waals surface area contributed by atoms with E-state index in [2.05, 4.69) is 56.6 Å². The van der Waals surface area contributed by atoms with Gasteiger partial charge in [-0.05, 0) is 31.5 Å². The Morgan fingerprint density at radius 1 is 1.20 bits per heavy atom. The minimum absolute atomic E-state index is 0.263. The zero-order valence-corrected chi connectivity index (χ0v) is 15.5. The molecule has 0 unspecified atom stereocenters. The highest BCUT2D eigenvalue weighted by atomic mass is 16.1. The first-order valence-electron chi connectivity index (χ1n) is 8.46. The van der Waals surface area contributed by atoms with E-state index >= 15 is 0 Å². The number of aromatic amines is 1. The molecule has 0 saturated heterocycles. The third kappa shape index (κ3) is 4.89. The molecule has 0 amide bonds. The second kappa shape index (κ2) is 7.92. The fraction of sp³-hybridized carbons (Fsp3) is 0.444. The van der Waals surface area contributed by atoms with E-state index in [4.69, 9.17) is 0 Å². The smallest absolute Gasteiger partial charge is 0.363 e. The SMILES string of the molecule is CCN(CC)c1ccc(/C=N/Nc2nc(=O)[nH]nc2C(C)(C)C)cc1. The summed E-state index contributed by atoms with van der Waals surface area (Å²) in [5.74, 6) is 0.368. The lowest BCUT2D eigenvalue weighted by atomic mass is 9.92. The van der Waals surface area contributed by atoms with Gasteiger partial charge in [0.25, 0.3) is 0 Å². The summed E-state index contributed by atoms with van der Waals surface area (Å²) in [5, 5.41) is 10.7. The molecule has 0 radical (unpaired) electrons. The van der Waals surface area contributed by atoms with Crippen LogP contribution in [0.4, 0.5) is 11.5 Å². The van der Waals surface area contributed by atoms with Crippen molar-refractivity contribution < 1.29 is 0 Å². The second-order valence-electron chi connectivity index (χ2n) is 6.72. The van der Waals surface area contributed by atoms with Crippen LogP contribution in [-0.2, 0) is 5.41 Å². The number of nitrogens with one attached hydrogen (secondary N) is 2. The van der Waals surface area contributed by atoms with E-state index < -0.39 is 5.69 Å². The van der Waals surface area contributed by atoms with Gasteiger partial charge >= 0.3 is 5.69 Å². The lowest BCUT2D eigenvalue weighted by Crippen LogP contribution is -2.24. The Kier molecular flexibility index (Phi) is 5.90. The quantitative estimate of drug-likeness (QED) is 0.623. The number of hydrogen-bond acceptors (Lipinski definition) is 6. The van der Waals surface area contributed by atoms with E-state index in [0.717, 1.165) is 18.7 Å². The Hall–Kier alpha value is -2.70. The van der Waals surface area contributed by atoms with Crippen LogP contribution >= 0.6 is 0 Å². The first kappa shape index (κ1) is 18.6. The fourth-order valence-electron chi connectivity index (χ4n) is 2.46. The van der Waals surface area contributed by atoms with E-state index in [9.17, 15) is 4.79 Å². The third-order valence-corrected chi connectivity index (χ3v) is 3.82. The number of benzene rings is 1. The largest absolute Gasteiger partial charge is 0.372 e. The second-order valence-corrected chi connectivity index (χ2v) is 6.72. The highest BCUT2D eigenvalue weighted by Crippen LogP contribution is 2.24. The fourth-order valence-corrected chi connectivity index (χ4v) is 2.46. The molecular formula is C18H26N6O. The Balaban J connectivity index is 2.14. The van der Waals surface area contributed by atoms with E-state index in [-0.39, 0.29) is 5.41 Å². The van der Waals surface area contributed by atoms with Crippen LogP contribution < -0.4 is 16.0 Å². The molecule has 0 aliphatic heterocycles. The van der Waals surface area contributed by atoms with Crippen LogP contribution in [0, 0.1) is 0 Å². The van der Waals surface area contributed by atoms with Crippen LogP contribution in [0.3, 0.4) is 0 Å². The molecule has 2 aromatic rings. The number of hydrazone groups is 1. The molecule has 0 saturated carbocycles. The van der Waals surface area contributed by atoms with Crippen LogP contribution in [0.5, 0.6) is 0 Å². The van der Waals surface area contributed by atoms with Gasteiger partial charge in [0.15, 0.2) is 5.82 Å². The van der Waals surface area contributed by atoms with Crippen molar-refractivity contribution in [2.45, 2.75) is 40.0 Å². The van der Waals surface area contributed by atoms with Crippen LogP contribution in [0.1, 0.15) is 45.9 Å². The Morgan fingerprint density at radius 2 is 1.84 bits per heavy atom. The van der Waals surface area contributed by atoms with Gasteiger partial charge in [0.1, 0.15) is 5.69 Å². The monoisotopic (exact) mass is 342 g/mol. The van der Waals surface area contributed by atoms with Gasteiger partial charge in [-0.3, -0.25) is 5.43 Å². The van der Waals surface area contributed by atoms with Gasteiger partial charge in [-0.25, -0.2) is 9.89 Å². The van der Waals surface area contributed by atoms with Gasteiger partial charge in [0.05, 0.1) is 6.21 Å².